The molecule has 0 bridgehead atoms. The van der Waals surface area contributed by atoms with E-state index in [1.807, 2.05) is 17.0 Å². The van der Waals surface area contributed by atoms with Crippen molar-refractivity contribution in [2.45, 2.75) is 43.6 Å². The van der Waals surface area contributed by atoms with Crippen LogP contribution in [-0.2, 0) is 16.8 Å². The lowest BCUT2D eigenvalue weighted by molar-refractivity contribution is -0.0771. The van der Waals surface area contributed by atoms with Gasteiger partial charge in [-0.3, -0.25) is 4.79 Å². The van der Waals surface area contributed by atoms with E-state index in [1.54, 1.807) is 18.4 Å². The summed E-state index contributed by atoms with van der Waals surface area (Å²) in [4.78, 5) is 17.6. The highest BCUT2D eigenvalue weighted by molar-refractivity contribution is 7.14. The zero-order valence-electron chi connectivity index (χ0n) is 18.0. The molecule has 0 saturated carbocycles. The van der Waals surface area contributed by atoms with Gasteiger partial charge in [0.15, 0.2) is 0 Å². The molecule has 1 N–H and O–H groups in total. The Morgan fingerprint density at radius 3 is 2.71 bits per heavy atom. The molecule has 5 nitrogen and oxygen atoms in total. The van der Waals surface area contributed by atoms with Crippen molar-refractivity contribution >= 4 is 29.7 Å². The zero-order valence-corrected chi connectivity index (χ0v) is 19.7. The van der Waals surface area contributed by atoms with E-state index in [9.17, 15) is 4.79 Å². The van der Waals surface area contributed by atoms with Crippen LogP contribution in [0.1, 0.15) is 57.3 Å². The summed E-state index contributed by atoms with van der Waals surface area (Å²) in [5, 5.41) is 3.43. The summed E-state index contributed by atoms with van der Waals surface area (Å²) in [5.41, 5.74) is 2.43. The van der Waals surface area contributed by atoms with Crippen molar-refractivity contribution in [3.05, 3.63) is 51.2 Å². The van der Waals surface area contributed by atoms with Crippen LogP contribution in [-0.4, -0.2) is 50.7 Å². The van der Waals surface area contributed by atoms with Crippen LogP contribution < -0.4 is 10.1 Å². The van der Waals surface area contributed by atoms with Crippen LogP contribution >= 0.6 is 23.7 Å². The maximum atomic E-state index is 13.3. The first kappa shape index (κ1) is 22.6. The molecule has 0 aliphatic carbocycles. The number of piperidine rings is 2. The van der Waals surface area contributed by atoms with E-state index in [0.29, 0.717) is 5.92 Å². The van der Waals surface area contributed by atoms with Crippen LogP contribution in [0.4, 0.5) is 0 Å². The highest BCUT2D eigenvalue weighted by Crippen LogP contribution is 2.45. The normalized spacial score (nSPS) is 20.7. The van der Waals surface area contributed by atoms with Gasteiger partial charge >= 0.3 is 0 Å². The highest BCUT2D eigenvalue weighted by atomic mass is 35.5. The monoisotopic (exact) mass is 462 g/mol. The van der Waals surface area contributed by atoms with E-state index in [2.05, 4.69) is 23.5 Å². The van der Waals surface area contributed by atoms with Crippen molar-refractivity contribution in [2.24, 2.45) is 0 Å². The summed E-state index contributed by atoms with van der Waals surface area (Å²) in [7, 11) is 1.73. The average molecular weight is 463 g/mol. The predicted octanol–water partition coefficient (Wildman–Crippen LogP) is 4.35. The zero-order chi connectivity index (χ0) is 20.6. The highest BCUT2D eigenvalue weighted by Gasteiger charge is 2.41. The van der Waals surface area contributed by atoms with Gasteiger partial charge < -0.3 is 19.7 Å². The third kappa shape index (κ3) is 4.23. The number of likely N-dealkylation sites (tertiary alicyclic amines) is 1. The molecule has 2 aromatic rings. The maximum Gasteiger partial charge on any atom is 0.263 e. The van der Waals surface area contributed by atoms with Crippen LogP contribution in [0.2, 0.25) is 0 Å². The van der Waals surface area contributed by atoms with Gasteiger partial charge in [-0.1, -0.05) is 18.2 Å². The van der Waals surface area contributed by atoms with E-state index >= 15 is 0 Å². The van der Waals surface area contributed by atoms with Crippen LogP contribution in [0.25, 0.3) is 0 Å². The average Bonchev–Trinajstić information content (AvgIpc) is 3.25. The van der Waals surface area contributed by atoms with E-state index in [0.717, 1.165) is 75.5 Å². The Morgan fingerprint density at radius 1 is 1.23 bits per heavy atom. The van der Waals surface area contributed by atoms with Crippen molar-refractivity contribution in [3.63, 3.8) is 0 Å². The minimum atomic E-state index is -0.168. The maximum absolute atomic E-state index is 13.3. The van der Waals surface area contributed by atoms with Crippen molar-refractivity contribution in [3.8, 4) is 5.75 Å². The number of benzene rings is 1. The van der Waals surface area contributed by atoms with Crippen LogP contribution in [0, 0.1) is 0 Å². The molecule has 3 aliphatic heterocycles. The minimum Gasteiger partial charge on any atom is -0.496 e. The van der Waals surface area contributed by atoms with Gasteiger partial charge in [0.25, 0.3) is 5.91 Å². The molecular weight excluding hydrogens is 432 g/mol. The molecule has 0 atom stereocenters. The quantitative estimate of drug-likeness (QED) is 0.736. The summed E-state index contributed by atoms with van der Waals surface area (Å²) in [6, 6.07) is 10.4. The minimum absolute atomic E-state index is 0. The van der Waals surface area contributed by atoms with Gasteiger partial charge in [-0.15, -0.1) is 23.7 Å². The van der Waals surface area contributed by atoms with Gasteiger partial charge in [0.2, 0.25) is 0 Å². The number of thiophene rings is 1. The Balaban J connectivity index is 0.00000231. The molecule has 2 fully saturated rings. The summed E-state index contributed by atoms with van der Waals surface area (Å²) < 4.78 is 11.8. The number of hydrogen-bond donors (Lipinski definition) is 1. The molecule has 0 radical (unpaired) electrons. The molecule has 1 spiro atoms. The van der Waals surface area contributed by atoms with Crippen molar-refractivity contribution < 1.29 is 14.3 Å². The smallest absolute Gasteiger partial charge is 0.263 e. The number of para-hydroxylation sites is 1. The summed E-state index contributed by atoms with van der Waals surface area (Å²) in [6.07, 6.45) is 4.88. The topological polar surface area (TPSA) is 50.8 Å². The number of nitrogens with one attached hydrogen (secondary N) is 1. The van der Waals surface area contributed by atoms with Crippen LogP contribution in [0.5, 0.6) is 5.75 Å². The van der Waals surface area contributed by atoms with E-state index < -0.39 is 0 Å². The largest absolute Gasteiger partial charge is 0.496 e. The number of fused-ring (bicyclic) bond motifs is 2. The number of ether oxygens (including phenoxy) is 2. The van der Waals surface area contributed by atoms with E-state index in [4.69, 9.17) is 9.47 Å². The SMILES string of the molecule is COc1ccccc1C1CCN(C(=O)c2cc3c(s2)C2(CCNCC2)OCC3)CC1.Cl. The molecule has 0 unspecified atom stereocenters. The fourth-order valence-electron chi connectivity index (χ4n) is 5.28. The first-order valence-electron chi connectivity index (χ1n) is 11.1. The first-order chi connectivity index (χ1) is 14.7. The van der Waals surface area contributed by atoms with Crippen molar-refractivity contribution in [2.75, 3.05) is 39.9 Å². The van der Waals surface area contributed by atoms with Crippen molar-refractivity contribution in [1.29, 1.82) is 0 Å². The number of carbonyl (C=O) groups is 1. The number of amides is 1. The van der Waals surface area contributed by atoms with E-state index in [-0.39, 0.29) is 23.9 Å². The van der Waals surface area contributed by atoms with Crippen LogP contribution in [0.15, 0.2) is 30.3 Å². The Morgan fingerprint density at radius 2 is 1.97 bits per heavy atom. The Hall–Kier alpha value is -1.60. The molecule has 7 heteroatoms. The molecule has 1 amide bonds. The summed E-state index contributed by atoms with van der Waals surface area (Å²) >= 11 is 1.68. The van der Waals surface area contributed by atoms with Gasteiger partial charge in [0, 0.05) is 18.0 Å². The van der Waals surface area contributed by atoms with E-state index in [1.165, 1.54) is 16.0 Å². The molecule has 168 valence electrons. The first-order valence-corrected chi connectivity index (χ1v) is 11.9. The lowest BCUT2D eigenvalue weighted by atomic mass is 9.86. The number of methoxy groups -OCH3 is 1. The fourth-order valence-corrected chi connectivity index (χ4v) is 6.66. The second-order valence-electron chi connectivity index (χ2n) is 8.62. The number of nitrogens with zero attached hydrogens (tertiary/aromatic N) is 1. The second-order valence-corrected chi connectivity index (χ2v) is 9.67. The molecule has 2 saturated heterocycles. The number of hydrogen-bond acceptors (Lipinski definition) is 5. The Labute approximate surface area is 194 Å². The number of halogens is 1. The lowest BCUT2D eigenvalue weighted by Gasteiger charge is -2.40. The number of carbonyl (C=O) groups excluding carboxylic acids is 1. The molecule has 31 heavy (non-hydrogen) atoms. The van der Waals surface area contributed by atoms with Gasteiger partial charge in [-0.05, 0) is 74.4 Å². The molecule has 3 aliphatic rings. The molecular formula is C24H31ClN2O3S. The van der Waals surface area contributed by atoms with Gasteiger partial charge in [0.1, 0.15) is 11.4 Å². The second kappa shape index (κ2) is 9.49. The summed E-state index contributed by atoms with van der Waals surface area (Å²) in [6.45, 7) is 4.33. The third-order valence-corrected chi connectivity index (χ3v) is 8.31. The third-order valence-electron chi connectivity index (χ3n) is 6.96. The summed E-state index contributed by atoms with van der Waals surface area (Å²) in [5.74, 6) is 1.60. The standard InChI is InChI=1S/C24H30N2O3S.ClH/c1-28-20-5-3-2-4-19(20)17-6-13-26(14-7-17)23(27)21-16-18-8-15-29-24(22(18)30-21)9-11-25-12-10-24;/h2-5,16-17,25H,6-15H2,1H3;1H. The van der Waals surface area contributed by atoms with Gasteiger partial charge in [-0.2, -0.15) is 0 Å². The van der Waals surface area contributed by atoms with Gasteiger partial charge in [0.05, 0.1) is 18.6 Å². The lowest BCUT2D eigenvalue weighted by Crippen LogP contribution is -2.44. The molecule has 5 rings (SSSR count). The van der Waals surface area contributed by atoms with Crippen LogP contribution in [0.3, 0.4) is 0 Å². The molecule has 1 aromatic carbocycles. The molecule has 4 heterocycles. The fraction of sp³-hybridized carbons (Fsp3) is 0.542. The van der Waals surface area contributed by atoms with Gasteiger partial charge in [-0.25, -0.2) is 0 Å². The predicted molar refractivity (Wildman–Crippen MR) is 126 cm³/mol. The Kier molecular flexibility index (Phi) is 6.92. The van der Waals surface area contributed by atoms with Crippen molar-refractivity contribution in [1.82, 2.24) is 10.2 Å². The number of rotatable bonds is 3. The molecule has 1 aromatic heterocycles. The Bertz CT molecular complexity index is 917.